The Morgan fingerprint density at radius 3 is 2.55 bits per heavy atom. The summed E-state index contributed by atoms with van der Waals surface area (Å²) >= 11 is 5.84. The first-order valence-corrected chi connectivity index (χ1v) is 9.26. The highest BCUT2D eigenvalue weighted by atomic mass is 35.5. The molecule has 2 N–H and O–H groups in total. The van der Waals surface area contributed by atoms with E-state index in [-0.39, 0.29) is 23.1 Å². The maximum Gasteiger partial charge on any atom is 0.261 e. The maximum absolute atomic E-state index is 12.5. The van der Waals surface area contributed by atoms with E-state index in [1.165, 1.54) is 13.2 Å². The van der Waals surface area contributed by atoms with Gasteiger partial charge in [-0.15, -0.1) is 0 Å². The first kappa shape index (κ1) is 15.7. The molecule has 0 aliphatic carbocycles. The van der Waals surface area contributed by atoms with Gasteiger partial charge in [0.05, 0.1) is 16.5 Å². The van der Waals surface area contributed by atoms with E-state index in [2.05, 4.69) is 5.10 Å². The minimum Gasteiger partial charge on any atom is -0.255 e. The molecule has 0 aromatic carbocycles. The maximum atomic E-state index is 12.5. The summed E-state index contributed by atoms with van der Waals surface area (Å²) in [5.74, 6) is 0. The number of rotatable bonds is 3. The van der Waals surface area contributed by atoms with Crippen LogP contribution in [0.25, 0.3) is 0 Å². The van der Waals surface area contributed by atoms with Gasteiger partial charge in [-0.3, -0.25) is 4.68 Å². The molecule has 0 spiro atoms. The fourth-order valence-corrected chi connectivity index (χ4v) is 5.31. The van der Waals surface area contributed by atoms with Crippen molar-refractivity contribution in [1.82, 2.24) is 14.1 Å². The normalized spacial score (nSPS) is 22.1. The summed E-state index contributed by atoms with van der Waals surface area (Å²) in [6, 6.07) is 0. The van der Waals surface area contributed by atoms with E-state index in [1.807, 2.05) is 0 Å². The van der Waals surface area contributed by atoms with E-state index in [9.17, 15) is 16.8 Å². The molecule has 1 aliphatic rings. The Labute approximate surface area is 122 Å². The van der Waals surface area contributed by atoms with Gasteiger partial charge >= 0.3 is 0 Å². The lowest BCUT2D eigenvalue weighted by Gasteiger charge is -2.30. The van der Waals surface area contributed by atoms with Crippen LogP contribution in [-0.2, 0) is 27.1 Å². The van der Waals surface area contributed by atoms with E-state index in [4.69, 9.17) is 16.7 Å². The first-order chi connectivity index (χ1) is 9.14. The third-order valence-corrected chi connectivity index (χ3v) is 6.92. The predicted molar refractivity (Wildman–Crippen MR) is 73.1 cm³/mol. The van der Waals surface area contributed by atoms with Crippen molar-refractivity contribution in [3.63, 3.8) is 0 Å². The van der Waals surface area contributed by atoms with Crippen molar-refractivity contribution in [2.24, 2.45) is 12.2 Å². The van der Waals surface area contributed by atoms with Gasteiger partial charge in [0.2, 0.25) is 10.0 Å². The summed E-state index contributed by atoms with van der Waals surface area (Å²) < 4.78 is 50.0. The molecule has 20 heavy (non-hydrogen) atoms. The summed E-state index contributed by atoms with van der Waals surface area (Å²) in [6.07, 6.45) is 2.01. The zero-order valence-corrected chi connectivity index (χ0v) is 13.1. The van der Waals surface area contributed by atoms with Crippen molar-refractivity contribution in [3.8, 4) is 0 Å². The van der Waals surface area contributed by atoms with E-state index in [0.29, 0.717) is 12.8 Å². The Bertz CT molecular complexity index is 693. The molecule has 11 heteroatoms. The van der Waals surface area contributed by atoms with E-state index >= 15 is 0 Å². The summed E-state index contributed by atoms with van der Waals surface area (Å²) in [5, 5.41) is 7.85. The quantitative estimate of drug-likeness (QED) is 0.796. The molecule has 8 nitrogen and oxygen atoms in total. The lowest BCUT2D eigenvalue weighted by molar-refractivity contribution is 0.343. The fraction of sp³-hybridized carbons (Fsp3) is 0.667. The smallest absolute Gasteiger partial charge is 0.255 e. The van der Waals surface area contributed by atoms with Crippen LogP contribution in [0.4, 0.5) is 0 Å². The lowest BCUT2D eigenvalue weighted by atomic mass is 10.2. The number of piperidine rings is 1. The molecule has 2 rings (SSSR count). The van der Waals surface area contributed by atoms with Crippen LogP contribution in [-0.4, -0.2) is 49.3 Å². The van der Waals surface area contributed by atoms with Gasteiger partial charge in [0.1, 0.15) is 0 Å². The second kappa shape index (κ2) is 5.26. The molecule has 1 aromatic rings. The number of hydrogen-bond acceptors (Lipinski definition) is 5. The molecule has 1 unspecified atom stereocenters. The number of aryl methyl sites for hydroxylation is 1. The van der Waals surface area contributed by atoms with Gasteiger partial charge in [-0.05, 0) is 12.8 Å². The van der Waals surface area contributed by atoms with Gasteiger partial charge in [-0.1, -0.05) is 11.6 Å². The second-order valence-corrected chi connectivity index (χ2v) is 8.74. The van der Waals surface area contributed by atoms with Gasteiger partial charge < -0.3 is 0 Å². The summed E-state index contributed by atoms with van der Waals surface area (Å²) in [5.41, 5.74) is 0. The van der Waals surface area contributed by atoms with Crippen molar-refractivity contribution in [2.45, 2.75) is 23.1 Å². The molecule has 1 atom stereocenters. The Kier molecular flexibility index (Phi) is 4.13. The Morgan fingerprint density at radius 1 is 1.40 bits per heavy atom. The molecular weight excluding hydrogens is 328 g/mol. The third kappa shape index (κ3) is 2.84. The molecule has 114 valence electrons. The predicted octanol–water partition coefficient (Wildman–Crippen LogP) is -0.485. The van der Waals surface area contributed by atoms with Crippen LogP contribution in [0.3, 0.4) is 0 Å². The van der Waals surface area contributed by atoms with Gasteiger partial charge in [0.15, 0.2) is 5.03 Å². The summed E-state index contributed by atoms with van der Waals surface area (Å²) in [4.78, 5) is 0. The van der Waals surface area contributed by atoms with Crippen LogP contribution in [0.15, 0.2) is 11.2 Å². The molecule has 2 heterocycles. The third-order valence-electron chi connectivity index (χ3n) is 3.23. The molecule has 0 saturated carbocycles. The Morgan fingerprint density at radius 2 is 2.05 bits per heavy atom. The van der Waals surface area contributed by atoms with Gasteiger partial charge in [0.25, 0.3) is 10.0 Å². The highest BCUT2D eigenvalue weighted by Gasteiger charge is 2.37. The van der Waals surface area contributed by atoms with E-state index in [1.54, 1.807) is 0 Å². The zero-order valence-electron chi connectivity index (χ0n) is 10.7. The van der Waals surface area contributed by atoms with Crippen molar-refractivity contribution < 1.29 is 16.8 Å². The molecule has 1 fully saturated rings. The zero-order chi connectivity index (χ0) is 15.1. The van der Waals surface area contributed by atoms with Crippen molar-refractivity contribution in [3.05, 3.63) is 11.2 Å². The lowest BCUT2D eigenvalue weighted by Crippen LogP contribution is -2.47. The van der Waals surface area contributed by atoms with Crippen LogP contribution in [0.5, 0.6) is 0 Å². The van der Waals surface area contributed by atoms with Gasteiger partial charge in [-0.25, -0.2) is 22.0 Å². The number of nitrogens with two attached hydrogens (primary N) is 1. The number of primary sulfonamides is 1. The topological polar surface area (TPSA) is 115 Å². The Hall–Kier alpha value is -0.680. The molecule has 0 amide bonds. The first-order valence-electron chi connectivity index (χ1n) is 5.83. The van der Waals surface area contributed by atoms with Crippen molar-refractivity contribution >= 4 is 31.6 Å². The summed E-state index contributed by atoms with van der Waals surface area (Å²) in [7, 11) is -6.20. The summed E-state index contributed by atoms with van der Waals surface area (Å²) in [6.45, 7) is 0.0680. The van der Waals surface area contributed by atoms with Crippen LogP contribution in [0, 0.1) is 0 Å². The van der Waals surface area contributed by atoms with Crippen molar-refractivity contribution in [2.75, 3.05) is 13.1 Å². The second-order valence-electron chi connectivity index (χ2n) is 4.64. The monoisotopic (exact) mass is 342 g/mol. The molecule has 1 aromatic heterocycles. The van der Waals surface area contributed by atoms with Crippen LogP contribution < -0.4 is 5.14 Å². The minimum absolute atomic E-state index is 0.00484. The van der Waals surface area contributed by atoms with E-state index in [0.717, 1.165) is 8.99 Å². The van der Waals surface area contributed by atoms with E-state index < -0.39 is 25.3 Å². The van der Waals surface area contributed by atoms with Gasteiger partial charge in [-0.2, -0.15) is 9.40 Å². The largest absolute Gasteiger partial charge is 0.261 e. The number of nitrogens with zero attached hydrogens (tertiary/aromatic N) is 3. The standard InChI is InChI=1S/C9H15ClN4O4S2/c1-13-9(8(10)5-12-13)20(17,18)14-4-2-3-7(6-14)19(11,15)16/h5,7H,2-4,6H2,1H3,(H2,11,15,16). The van der Waals surface area contributed by atoms with Crippen molar-refractivity contribution in [1.29, 1.82) is 0 Å². The van der Waals surface area contributed by atoms with Crippen LogP contribution in [0.1, 0.15) is 12.8 Å². The fourth-order valence-electron chi connectivity index (χ4n) is 2.20. The molecule has 1 saturated heterocycles. The number of sulfonamides is 2. The van der Waals surface area contributed by atoms with Crippen LogP contribution in [0.2, 0.25) is 5.02 Å². The highest BCUT2D eigenvalue weighted by molar-refractivity contribution is 7.90. The highest BCUT2D eigenvalue weighted by Crippen LogP contribution is 2.27. The molecular formula is C9H15ClN4O4S2. The number of hydrogen-bond donors (Lipinski definition) is 1. The van der Waals surface area contributed by atoms with Gasteiger partial charge in [0, 0.05) is 20.1 Å². The minimum atomic E-state index is -3.89. The number of aromatic nitrogens is 2. The average Bonchev–Trinajstić information content (AvgIpc) is 2.68. The molecule has 0 radical (unpaired) electrons. The number of halogens is 1. The molecule has 0 bridgehead atoms. The van der Waals surface area contributed by atoms with Crippen LogP contribution >= 0.6 is 11.6 Å². The average molecular weight is 343 g/mol. The molecule has 1 aliphatic heterocycles. The Balaban J connectivity index is 2.36. The SMILES string of the molecule is Cn1ncc(Cl)c1S(=O)(=O)N1CCCC(S(N)(=O)=O)C1.